The predicted molar refractivity (Wildman–Crippen MR) is 95.6 cm³/mol. The first kappa shape index (κ1) is 17.9. The number of nitrogens with zero attached hydrogens (tertiary/aromatic N) is 2. The van der Waals surface area contributed by atoms with Crippen LogP contribution in [-0.2, 0) is 4.79 Å². The van der Waals surface area contributed by atoms with E-state index < -0.39 is 11.7 Å². The second kappa shape index (κ2) is 7.52. The minimum Gasteiger partial charge on any atom is -0.497 e. The van der Waals surface area contributed by atoms with Gasteiger partial charge >= 0.3 is 5.91 Å². The first-order valence-corrected chi connectivity index (χ1v) is 8.18. The van der Waals surface area contributed by atoms with Crippen molar-refractivity contribution in [2.75, 3.05) is 13.7 Å². The molecule has 2 aromatic carbocycles. The number of H-pyrrole nitrogens is 1. The van der Waals surface area contributed by atoms with Gasteiger partial charge in [-0.05, 0) is 52.3 Å². The maximum Gasteiger partial charge on any atom is 0.302 e. The number of aromatic nitrogens is 1. The number of carbonyl (C=O) groups is 1. The monoisotopic (exact) mass is 421 g/mol. The summed E-state index contributed by atoms with van der Waals surface area (Å²) in [5.74, 6) is -0.394. The van der Waals surface area contributed by atoms with Gasteiger partial charge in [0.1, 0.15) is 17.3 Å². The molecule has 1 amide bonds. The van der Waals surface area contributed by atoms with Crippen molar-refractivity contribution in [3.63, 3.8) is 0 Å². The first-order chi connectivity index (χ1) is 12.5. The maximum atomic E-state index is 13.4. The number of carbonyl (C=O) groups excluding carboxylic acids is 1. The van der Waals surface area contributed by atoms with Crippen molar-refractivity contribution in [3.8, 4) is 17.4 Å². The number of fused-ring (bicyclic) bond motifs is 1. The summed E-state index contributed by atoms with van der Waals surface area (Å²) in [4.78, 5) is 14.5. The molecule has 9 heteroatoms. The average Bonchev–Trinajstić information content (AvgIpc) is 2.93. The Morgan fingerprint density at radius 3 is 2.85 bits per heavy atom. The standard InChI is InChI=1S/C17H13BrFN3O4/c1-25-10-3-5-14(12(18)7-10)26-8-15(23)21-22-16-11-6-9(19)2-4-13(11)20-17(16)24/h2-7,20,24H,8H2,1H3. The van der Waals surface area contributed by atoms with Crippen molar-refractivity contribution in [1.29, 1.82) is 0 Å². The average molecular weight is 422 g/mol. The van der Waals surface area contributed by atoms with Crippen LogP contribution < -0.4 is 9.47 Å². The number of hydrogen-bond donors (Lipinski definition) is 2. The molecule has 3 rings (SSSR count). The molecule has 0 aliphatic heterocycles. The van der Waals surface area contributed by atoms with E-state index in [2.05, 4.69) is 31.1 Å². The number of aromatic amines is 1. The van der Waals surface area contributed by atoms with E-state index in [0.29, 0.717) is 26.9 Å². The molecule has 7 nitrogen and oxygen atoms in total. The Morgan fingerprint density at radius 2 is 2.12 bits per heavy atom. The van der Waals surface area contributed by atoms with Crippen molar-refractivity contribution in [1.82, 2.24) is 4.98 Å². The first-order valence-electron chi connectivity index (χ1n) is 7.39. The molecule has 0 radical (unpaired) electrons. The van der Waals surface area contributed by atoms with Crippen LogP contribution in [0.25, 0.3) is 10.9 Å². The highest BCUT2D eigenvalue weighted by atomic mass is 79.9. The van der Waals surface area contributed by atoms with Gasteiger partial charge < -0.3 is 19.6 Å². The summed E-state index contributed by atoms with van der Waals surface area (Å²) in [6.07, 6.45) is 0. The van der Waals surface area contributed by atoms with Gasteiger partial charge in [-0.1, -0.05) is 0 Å². The fourth-order valence-corrected chi connectivity index (χ4v) is 2.71. The molecule has 2 N–H and O–H groups in total. The van der Waals surface area contributed by atoms with Crippen LogP contribution in [0.1, 0.15) is 0 Å². The molecule has 1 heterocycles. The van der Waals surface area contributed by atoms with Gasteiger partial charge in [0.05, 0.1) is 17.1 Å². The number of aromatic hydroxyl groups is 1. The number of azo groups is 1. The van der Waals surface area contributed by atoms with E-state index in [1.807, 2.05) is 0 Å². The Balaban J connectivity index is 1.70. The van der Waals surface area contributed by atoms with Crippen molar-refractivity contribution in [2.45, 2.75) is 0 Å². The summed E-state index contributed by atoms with van der Waals surface area (Å²) in [7, 11) is 1.54. The Morgan fingerprint density at radius 1 is 1.31 bits per heavy atom. The summed E-state index contributed by atoms with van der Waals surface area (Å²) < 4.78 is 24.4. The van der Waals surface area contributed by atoms with Gasteiger partial charge in [0.2, 0.25) is 5.88 Å². The number of amides is 1. The van der Waals surface area contributed by atoms with Crippen LogP contribution >= 0.6 is 15.9 Å². The van der Waals surface area contributed by atoms with Crippen molar-refractivity contribution in [2.24, 2.45) is 10.2 Å². The zero-order valence-electron chi connectivity index (χ0n) is 13.5. The molecular weight excluding hydrogens is 409 g/mol. The highest BCUT2D eigenvalue weighted by Gasteiger charge is 2.12. The van der Waals surface area contributed by atoms with Crippen LogP contribution in [0.2, 0.25) is 0 Å². The topological polar surface area (TPSA) is 96.3 Å². The Labute approximate surface area is 155 Å². The molecule has 134 valence electrons. The number of ether oxygens (including phenoxy) is 2. The van der Waals surface area contributed by atoms with Gasteiger partial charge in [0.25, 0.3) is 0 Å². The maximum absolute atomic E-state index is 13.4. The molecule has 3 aromatic rings. The van der Waals surface area contributed by atoms with Gasteiger partial charge in [-0.15, -0.1) is 10.2 Å². The predicted octanol–water partition coefficient (Wildman–Crippen LogP) is 4.47. The molecule has 0 aliphatic carbocycles. The molecule has 0 aliphatic rings. The van der Waals surface area contributed by atoms with Crippen LogP contribution in [0.4, 0.5) is 10.1 Å². The molecule has 0 bridgehead atoms. The largest absolute Gasteiger partial charge is 0.497 e. The fourth-order valence-electron chi connectivity index (χ4n) is 2.24. The lowest BCUT2D eigenvalue weighted by atomic mass is 10.2. The highest BCUT2D eigenvalue weighted by Crippen LogP contribution is 2.35. The highest BCUT2D eigenvalue weighted by molar-refractivity contribution is 9.10. The van der Waals surface area contributed by atoms with E-state index in [1.165, 1.54) is 25.3 Å². The number of hydrogen-bond acceptors (Lipinski definition) is 5. The Hall–Kier alpha value is -2.94. The number of rotatable bonds is 5. The zero-order valence-corrected chi connectivity index (χ0v) is 15.1. The number of nitrogens with one attached hydrogen (secondary N) is 1. The molecule has 0 fully saturated rings. The number of methoxy groups -OCH3 is 1. The zero-order chi connectivity index (χ0) is 18.7. The summed E-state index contributed by atoms with van der Waals surface area (Å²) in [5, 5.41) is 17.4. The normalized spacial score (nSPS) is 11.2. The van der Waals surface area contributed by atoms with E-state index in [-0.39, 0.29) is 18.2 Å². The molecule has 0 spiro atoms. The summed E-state index contributed by atoms with van der Waals surface area (Å²) in [6, 6.07) is 8.90. The van der Waals surface area contributed by atoms with Crippen molar-refractivity contribution >= 4 is 38.4 Å². The summed E-state index contributed by atoms with van der Waals surface area (Å²) >= 11 is 3.31. The lowest BCUT2D eigenvalue weighted by Crippen LogP contribution is -2.08. The molecular formula is C17H13BrFN3O4. The van der Waals surface area contributed by atoms with Crippen LogP contribution in [0.3, 0.4) is 0 Å². The third-order valence-corrected chi connectivity index (χ3v) is 4.09. The quantitative estimate of drug-likeness (QED) is 0.593. The second-order valence-electron chi connectivity index (χ2n) is 5.19. The fraction of sp³-hybridized carbons (Fsp3) is 0.118. The molecule has 0 unspecified atom stereocenters. The Kier molecular flexibility index (Phi) is 5.17. The van der Waals surface area contributed by atoms with Gasteiger partial charge in [-0.2, -0.15) is 0 Å². The Bertz CT molecular complexity index is 1000. The minimum absolute atomic E-state index is 0.0153. The molecule has 1 aromatic heterocycles. The third kappa shape index (κ3) is 3.83. The van der Waals surface area contributed by atoms with Crippen molar-refractivity contribution < 1.29 is 23.8 Å². The molecule has 0 saturated heterocycles. The van der Waals surface area contributed by atoms with Crippen molar-refractivity contribution in [3.05, 3.63) is 46.7 Å². The third-order valence-electron chi connectivity index (χ3n) is 3.47. The smallest absolute Gasteiger partial charge is 0.302 e. The van der Waals surface area contributed by atoms with Crippen LogP contribution in [0.5, 0.6) is 17.4 Å². The summed E-state index contributed by atoms with van der Waals surface area (Å²) in [5.41, 5.74) is 0.460. The van der Waals surface area contributed by atoms with Crippen LogP contribution in [0, 0.1) is 5.82 Å². The lowest BCUT2D eigenvalue weighted by Gasteiger charge is -2.07. The van der Waals surface area contributed by atoms with E-state index in [4.69, 9.17) is 9.47 Å². The molecule has 0 saturated carbocycles. The van der Waals surface area contributed by atoms with Gasteiger partial charge in [0, 0.05) is 5.39 Å². The van der Waals surface area contributed by atoms with E-state index in [9.17, 15) is 14.3 Å². The lowest BCUT2D eigenvalue weighted by molar-refractivity contribution is -0.120. The minimum atomic E-state index is -0.669. The van der Waals surface area contributed by atoms with E-state index in [1.54, 1.807) is 18.2 Å². The van der Waals surface area contributed by atoms with E-state index in [0.717, 1.165) is 0 Å². The van der Waals surface area contributed by atoms with Gasteiger partial charge in [-0.25, -0.2) is 4.39 Å². The number of benzene rings is 2. The molecule has 0 atom stereocenters. The van der Waals surface area contributed by atoms with Gasteiger partial charge in [-0.3, -0.25) is 4.79 Å². The second-order valence-corrected chi connectivity index (χ2v) is 6.05. The van der Waals surface area contributed by atoms with E-state index >= 15 is 0 Å². The van der Waals surface area contributed by atoms with Crippen LogP contribution in [-0.4, -0.2) is 29.7 Å². The van der Waals surface area contributed by atoms with Crippen LogP contribution in [0.15, 0.2) is 51.1 Å². The van der Waals surface area contributed by atoms with Gasteiger partial charge in [0.15, 0.2) is 12.3 Å². The SMILES string of the molecule is COc1ccc(OCC(=O)N=Nc2c(O)[nH]c3ccc(F)cc23)c(Br)c1. The summed E-state index contributed by atoms with van der Waals surface area (Å²) in [6.45, 7) is -0.355. The molecule has 26 heavy (non-hydrogen) atoms. The number of halogens is 2.